The molecule has 5 rings (SSSR count). The predicted molar refractivity (Wildman–Crippen MR) is 184 cm³/mol. The summed E-state index contributed by atoms with van der Waals surface area (Å²) in [5.74, 6) is 1.56. The van der Waals surface area contributed by atoms with E-state index in [4.69, 9.17) is 21.1 Å². The lowest BCUT2D eigenvalue weighted by Gasteiger charge is -2.37. The number of aryl methyl sites for hydroxylation is 2. The highest BCUT2D eigenvalue weighted by molar-refractivity contribution is 8.00. The van der Waals surface area contributed by atoms with Gasteiger partial charge in [0.05, 0.1) is 19.6 Å². The van der Waals surface area contributed by atoms with E-state index in [1.807, 2.05) is 17.8 Å². The first-order valence-corrected chi connectivity index (χ1v) is 17.3. The summed E-state index contributed by atoms with van der Waals surface area (Å²) < 4.78 is 12.4. The minimum atomic E-state index is 0.269. The molecular weight excluding hydrogens is 570 g/mol. The second-order valence-corrected chi connectivity index (χ2v) is 14.1. The van der Waals surface area contributed by atoms with Crippen LogP contribution in [0, 0.1) is 13.8 Å². The van der Waals surface area contributed by atoms with Crippen LogP contribution in [0.15, 0.2) is 77.7 Å². The average molecular weight is 617 g/mol. The molecule has 43 heavy (non-hydrogen) atoms. The second kappa shape index (κ2) is 14.9. The summed E-state index contributed by atoms with van der Waals surface area (Å²) in [4.78, 5) is 1.32. The third kappa shape index (κ3) is 8.50. The number of rotatable bonds is 15. The van der Waals surface area contributed by atoms with Gasteiger partial charge in [0.1, 0.15) is 6.54 Å². The highest BCUT2D eigenvalue weighted by Crippen LogP contribution is 2.39. The van der Waals surface area contributed by atoms with E-state index in [1.165, 1.54) is 82.2 Å². The van der Waals surface area contributed by atoms with Crippen LogP contribution in [0.4, 0.5) is 0 Å². The Bertz CT molecular complexity index is 1500. The number of hydrogen-bond acceptors (Lipinski definition) is 3. The van der Waals surface area contributed by atoms with Crippen molar-refractivity contribution in [1.29, 1.82) is 0 Å². The Morgan fingerprint density at radius 2 is 1.49 bits per heavy atom. The molecule has 1 aliphatic rings. The summed E-state index contributed by atoms with van der Waals surface area (Å²) in [6.07, 6.45) is 7.12. The Morgan fingerprint density at radius 1 is 0.791 bits per heavy atom. The Kier molecular flexibility index (Phi) is 11.0. The van der Waals surface area contributed by atoms with Gasteiger partial charge in [0.15, 0.2) is 11.5 Å². The van der Waals surface area contributed by atoms with Gasteiger partial charge < -0.3 is 14.0 Å². The molecule has 1 heterocycles. The molecule has 0 aromatic heterocycles. The second-order valence-electron chi connectivity index (χ2n) is 12.3. The molecule has 1 atom stereocenters. The van der Waals surface area contributed by atoms with E-state index < -0.39 is 0 Å². The van der Waals surface area contributed by atoms with Crippen LogP contribution >= 0.6 is 23.4 Å². The van der Waals surface area contributed by atoms with Gasteiger partial charge in [-0.1, -0.05) is 84.1 Å². The number of quaternary nitrogens is 1. The van der Waals surface area contributed by atoms with Crippen LogP contribution in [0.2, 0.25) is 5.02 Å². The van der Waals surface area contributed by atoms with Gasteiger partial charge in [-0.05, 0) is 87.9 Å². The van der Waals surface area contributed by atoms with Crippen molar-refractivity contribution in [3.05, 3.63) is 100 Å². The van der Waals surface area contributed by atoms with Crippen LogP contribution in [0.25, 0.3) is 10.8 Å². The molecule has 0 spiro atoms. The van der Waals surface area contributed by atoms with E-state index in [9.17, 15) is 0 Å². The highest BCUT2D eigenvalue weighted by Gasteiger charge is 2.24. The number of hydrogen-bond donors (Lipinski definition) is 0. The molecule has 0 aliphatic carbocycles. The molecule has 0 fully saturated rings. The zero-order valence-electron chi connectivity index (χ0n) is 26.3. The molecular formula is C38H47ClNO2S+. The van der Waals surface area contributed by atoms with Crippen molar-refractivity contribution in [2.75, 3.05) is 26.4 Å². The van der Waals surface area contributed by atoms with Crippen LogP contribution in [-0.2, 0) is 13.0 Å². The number of benzene rings is 4. The first-order valence-electron chi connectivity index (χ1n) is 16.0. The quantitative estimate of drug-likeness (QED) is 0.0752. The van der Waals surface area contributed by atoms with E-state index in [1.54, 1.807) is 0 Å². The Labute approximate surface area is 268 Å². The maximum atomic E-state index is 6.73. The van der Waals surface area contributed by atoms with Crippen LogP contribution in [0.3, 0.4) is 0 Å². The lowest BCUT2D eigenvalue weighted by Crippen LogP contribution is -2.47. The Hall–Kier alpha value is -2.66. The molecule has 3 nitrogen and oxygen atoms in total. The van der Waals surface area contributed by atoms with Crippen molar-refractivity contribution in [2.45, 2.75) is 82.9 Å². The third-order valence-electron chi connectivity index (χ3n) is 9.06. The molecule has 1 unspecified atom stereocenters. The van der Waals surface area contributed by atoms with Crippen LogP contribution < -0.4 is 9.47 Å². The smallest absolute Gasteiger partial charge is 0.231 e. The molecule has 0 amide bonds. The van der Waals surface area contributed by atoms with Gasteiger partial charge >= 0.3 is 0 Å². The fourth-order valence-electron chi connectivity index (χ4n) is 6.56. The number of ether oxygens (including phenoxy) is 2. The number of nitrogens with zero attached hydrogens (tertiary/aromatic N) is 1. The molecule has 4 aromatic rings. The van der Waals surface area contributed by atoms with Crippen LogP contribution in [0.1, 0.15) is 68.2 Å². The fraction of sp³-hybridized carbons (Fsp3) is 0.421. The zero-order chi connectivity index (χ0) is 30.2. The first kappa shape index (κ1) is 31.8. The van der Waals surface area contributed by atoms with E-state index in [0.717, 1.165) is 41.5 Å². The normalized spacial score (nSPS) is 13.5. The van der Waals surface area contributed by atoms with Gasteiger partial charge in [-0.25, -0.2) is 0 Å². The van der Waals surface area contributed by atoms with Crippen molar-refractivity contribution in [3.8, 4) is 11.5 Å². The Morgan fingerprint density at radius 3 is 2.23 bits per heavy atom. The molecule has 0 saturated carbocycles. The molecule has 4 aromatic carbocycles. The van der Waals surface area contributed by atoms with Gasteiger partial charge in [0.2, 0.25) is 6.79 Å². The number of thioether (sulfide) groups is 1. The van der Waals surface area contributed by atoms with E-state index in [2.05, 4.69) is 94.4 Å². The van der Waals surface area contributed by atoms with Crippen LogP contribution in [0.5, 0.6) is 11.5 Å². The zero-order valence-corrected chi connectivity index (χ0v) is 27.9. The average Bonchev–Trinajstić information content (AvgIpc) is 3.44. The fourth-order valence-corrected chi connectivity index (χ4v) is 8.06. The molecule has 0 saturated heterocycles. The molecule has 0 bridgehead atoms. The van der Waals surface area contributed by atoms with Gasteiger partial charge in [0.25, 0.3) is 0 Å². The maximum absolute atomic E-state index is 6.73. The number of fused-ring (bicyclic) bond motifs is 2. The van der Waals surface area contributed by atoms with Crippen molar-refractivity contribution in [3.63, 3.8) is 0 Å². The summed E-state index contributed by atoms with van der Waals surface area (Å²) in [5, 5.41) is 3.78. The third-order valence-corrected chi connectivity index (χ3v) is 10.7. The number of unbranched alkanes of at least 4 members (excludes halogenated alkanes) is 3. The monoisotopic (exact) mass is 616 g/mol. The summed E-state index contributed by atoms with van der Waals surface area (Å²) in [7, 11) is 0. The van der Waals surface area contributed by atoms with E-state index >= 15 is 0 Å². The minimum Gasteiger partial charge on any atom is -0.454 e. The predicted octanol–water partition coefficient (Wildman–Crippen LogP) is 10.5. The highest BCUT2D eigenvalue weighted by atomic mass is 35.5. The SMILES string of the molecule is CC[N+](CC)(CCCCCCC(Cc1cc2c(cc1Cl)OCO2)Sc1ccc2ccccc2c1)Cc1cc(C)cc(C)c1. The molecule has 0 N–H and O–H groups in total. The lowest BCUT2D eigenvalue weighted by molar-refractivity contribution is -0.938. The molecule has 0 radical (unpaired) electrons. The molecule has 5 heteroatoms. The van der Waals surface area contributed by atoms with Crippen molar-refractivity contribution in [1.82, 2.24) is 0 Å². The molecule has 1 aliphatic heterocycles. The maximum Gasteiger partial charge on any atom is 0.231 e. The summed E-state index contributed by atoms with van der Waals surface area (Å²) in [6, 6.07) is 26.5. The minimum absolute atomic E-state index is 0.269. The van der Waals surface area contributed by atoms with Gasteiger partial charge in [-0.2, -0.15) is 0 Å². The molecule has 228 valence electrons. The van der Waals surface area contributed by atoms with Crippen molar-refractivity contribution >= 4 is 34.1 Å². The largest absolute Gasteiger partial charge is 0.454 e. The number of halogens is 1. The standard InChI is InChI=1S/C38H47ClNO2S/c1-5-40(6-2,26-30-20-28(3)19-29(4)21-30)18-12-8-7-9-15-34(23-33-24-37-38(25-36(33)39)42-27-41-37)43-35-17-16-31-13-10-11-14-32(31)22-35/h10-11,13-14,16-17,19-22,24-25,34H,5-9,12,15,18,23,26-27H2,1-4H3/q+1. The van der Waals surface area contributed by atoms with Gasteiger partial charge in [-0.3, -0.25) is 0 Å². The van der Waals surface area contributed by atoms with E-state index in [0.29, 0.717) is 5.25 Å². The summed E-state index contributed by atoms with van der Waals surface area (Å²) >= 11 is 8.72. The first-order chi connectivity index (χ1) is 20.9. The Balaban J connectivity index is 1.19. The van der Waals surface area contributed by atoms with Gasteiger partial charge in [-0.15, -0.1) is 11.8 Å². The van der Waals surface area contributed by atoms with Crippen molar-refractivity contribution < 1.29 is 14.0 Å². The van der Waals surface area contributed by atoms with Crippen molar-refractivity contribution in [2.24, 2.45) is 0 Å². The lowest BCUT2D eigenvalue weighted by atomic mass is 10.0. The van der Waals surface area contributed by atoms with Crippen LogP contribution in [-0.4, -0.2) is 36.2 Å². The topological polar surface area (TPSA) is 18.5 Å². The summed E-state index contributed by atoms with van der Waals surface area (Å²) in [5.41, 5.74) is 5.37. The van der Waals surface area contributed by atoms with Gasteiger partial charge in [0, 0.05) is 26.8 Å². The van der Waals surface area contributed by atoms with E-state index in [-0.39, 0.29) is 6.79 Å². The summed E-state index contributed by atoms with van der Waals surface area (Å²) in [6.45, 7) is 14.2.